The molecule has 1 aliphatic heterocycles. The number of rotatable bonds is 4. The van der Waals surface area contributed by atoms with Crippen LogP contribution in [0.4, 0.5) is 18.7 Å². The van der Waals surface area contributed by atoms with Gasteiger partial charge in [-0.1, -0.05) is 6.07 Å². The van der Waals surface area contributed by atoms with Crippen molar-refractivity contribution in [2.24, 2.45) is 5.92 Å². The number of aliphatic carboxylic acids is 1. The number of amides is 2. The number of hydrogen-bond acceptors (Lipinski definition) is 4. The molecule has 9 heteroatoms. The molecule has 0 aliphatic carbocycles. The highest BCUT2D eigenvalue weighted by atomic mass is 32.1. The van der Waals surface area contributed by atoms with Gasteiger partial charge in [-0.15, -0.1) is 11.3 Å². The predicted octanol–water partition coefficient (Wildman–Crippen LogP) is 3.65. The molecule has 2 heterocycles. The molecule has 2 aromatic rings. The van der Waals surface area contributed by atoms with Crippen LogP contribution in [0.2, 0.25) is 0 Å². The maximum atomic E-state index is 13.8. The fraction of sp³-hybridized carbons (Fsp3) is 0.389. The Hall–Kier alpha value is -2.55. The van der Waals surface area contributed by atoms with Gasteiger partial charge in [-0.2, -0.15) is 0 Å². The van der Waals surface area contributed by atoms with Gasteiger partial charge in [-0.05, 0) is 31.4 Å². The summed E-state index contributed by atoms with van der Waals surface area (Å²) in [5.74, 6) is -2.71. The van der Waals surface area contributed by atoms with Crippen LogP contribution in [0, 0.1) is 24.5 Å². The van der Waals surface area contributed by atoms with Gasteiger partial charge >= 0.3 is 12.0 Å². The van der Waals surface area contributed by atoms with E-state index in [0.717, 1.165) is 10.9 Å². The van der Waals surface area contributed by atoms with Crippen LogP contribution >= 0.6 is 11.3 Å². The number of carboxylic acids is 1. The lowest BCUT2D eigenvalue weighted by molar-refractivity contribution is -0.143. The number of nitrogens with zero attached hydrogens (tertiary/aromatic N) is 2. The van der Waals surface area contributed by atoms with Crippen LogP contribution in [0.15, 0.2) is 18.2 Å². The summed E-state index contributed by atoms with van der Waals surface area (Å²) in [5, 5.41) is 12.2. The lowest BCUT2D eigenvalue weighted by Crippen LogP contribution is -2.44. The van der Waals surface area contributed by atoms with Gasteiger partial charge in [0.1, 0.15) is 11.6 Å². The van der Waals surface area contributed by atoms with Gasteiger partial charge in [0, 0.05) is 30.5 Å². The quantitative estimate of drug-likeness (QED) is 0.828. The lowest BCUT2D eigenvalue weighted by atomic mass is 9.99. The molecule has 2 amide bonds. The first kappa shape index (κ1) is 19.2. The number of likely N-dealkylation sites (tertiary alicyclic amines) is 1. The van der Waals surface area contributed by atoms with Gasteiger partial charge in [0.2, 0.25) is 0 Å². The number of benzene rings is 1. The number of anilines is 1. The molecule has 3 rings (SSSR count). The van der Waals surface area contributed by atoms with E-state index >= 15 is 0 Å². The Morgan fingerprint density at radius 2 is 2.19 bits per heavy atom. The molecule has 1 aromatic carbocycles. The number of carbonyl (C=O) groups is 2. The van der Waals surface area contributed by atoms with E-state index in [-0.39, 0.29) is 13.0 Å². The van der Waals surface area contributed by atoms with Gasteiger partial charge in [-0.3, -0.25) is 10.1 Å². The molecule has 1 atom stereocenters. The normalized spacial score (nSPS) is 17.0. The first-order valence-corrected chi connectivity index (χ1v) is 9.34. The molecule has 144 valence electrons. The van der Waals surface area contributed by atoms with Crippen LogP contribution in [0.3, 0.4) is 0 Å². The molecule has 1 aliphatic rings. The van der Waals surface area contributed by atoms with Crippen molar-refractivity contribution in [2.45, 2.75) is 26.2 Å². The number of aromatic nitrogens is 1. The molecule has 1 fully saturated rings. The van der Waals surface area contributed by atoms with E-state index in [0.29, 0.717) is 35.8 Å². The standard InChI is InChI=1S/C18H19F2N3O3S/c1-10-15(7-11-4-5-13(19)8-14(11)20)27-17(21-10)22-18(26)23-6-2-3-12(9-23)16(24)25/h4-5,8,12H,2-3,6-7,9H2,1H3,(H,24,25)(H,21,22,26). The van der Waals surface area contributed by atoms with Crippen LogP contribution < -0.4 is 5.32 Å². The monoisotopic (exact) mass is 395 g/mol. The molecule has 0 spiro atoms. The molecule has 0 saturated carbocycles. The Balaban J connectivity index is 1.67. The third-order valence-electron chi connectivity index (χ3n) is 4.53. The number of hydrogen-bond donors (Lipinski definition) is 2. The summed E-state index contributed by atoms with van der Waals surface area (Å²) in [6.45, 7) is 2.41. The molecule has 0 radical (unpaired) electrons. The van der Waals surface area contributed by atoms with E-state index in [1.165, 1.54) is 28.4 Å². The van der Waals surface area contributed by atoms with Crippen molar-refractivity contribution in [3.63, 3.8) is 0 Å². The second-order valence-electron chi connectivity index (χ2n) is 6.49. The van der Waals surface area contributed by atoms with Crippen molar-refractivity contribution in [3.05, 3.63) is 46.0 Å². The Morgan fingerprint density at radius 3 is 2.89 bits per heavy atom. The number of urea groups is 1. The highest BCUT2D eigenvalue weighted by Crippen LogP contribution is 2.27. The Morgan fingerprint density at radius 1 is 1.41 bits per heavy atom. The van der Waals surface area contributed by atoms with E-state index in [1.54, 1.807) is 6.92 Å². The fourth-order valence-electron chi connectivity index (χ4n) is 3.02. The number of halogens is 2. The van der Waals surface area contributed by atoms with E-state index in [2.05, 4.69) is 10.3 Å². The molecule has 0 bridgehead atoms. The van der Waals surface area contributed by atoms with Crippen molar-refractivity contribution >= 4 is 28.5 Å². The molecule has 2 N–H and O–H groups in total. The molecule has 27 heavy (non-hydrogen) atoms. The summed E-state index contributed by atoms with van der Waals surface area (Å²) in [5.41, 5.74) is 1.00. The largest absolute Gasteiger partial charge is 0.481 e. The Bertz CT molecular complexity index is 872. The summed E-state index contributed by atoms with van der Waals surface area (Å²) < 4.78 is 26.9. The van der Waals surface area contributed by atoms with Gasteiger partial charge < -0.3 is 10.0 Å². The third-order valence-corrected chi connectivity index (χ3v) is 5.60. The van der Waals surface area contributed by atoms with E-state index < -0.39 is 29.6 Å². The highest BCUT2D eigenvalue weighted by molar-refractivity contribution is 7.15. The Labute approximate surface area is 158 Å². The number of piperidine rings is 1. The van der Waals surface area contributed by atoms with Crippen molar-refractivity contribution < 1.29 is 23.5 Å². The molecule has 1 unspecified atom stereocenters. The van der Waals surface area contributed by atoms with Crippen LogP contribution in [-0.2, 0) is 11.2 Å². The lowest BCUT2D eigenvalue weighted by Gasteiger charge is -2.30. The SMILES string of the molecule is Cc1nc(NC(=O)N2CCCC(C(=O)O)C2)sc1Cc1ccc(F)cc1F. The summed E-state index contributed by atoms with van der Waals surface area (Å²) in [7, 11) is 0. The first-order valence-electron chi connectivity index (χ1n) is 8.52. The first-order chi connectivity index (χ1) is 12.8. The summed E-state index contributed by atoms with van der Waals surface area (Å²) in [6, 6.07) is 3.03. The van der Waals surface area contributed by atoms with E-state index in [9.17, 15) is 18.4 Å². The smallest absolute Gasteiger partial charge is 0.323 e. The second kappa shape index (κ2) is 7.99. The van der Waals surface area contributed by atoms with E-state index in [4.69, 9.17) is 5.11 Å². The van der Waals surface area contributed by atoms with Crippen molar-refractivity contribution in [1.82, 2.24) is 9.88 Å². The number of carboxylic acid groups (broad SMARTS) is 1. The summed E-state index contributed by atoms with van der Waals surface area (Å²) >= 11 is 1.22. The number of carbonyl (C=O) groups excluding carboxylic acids is 1. The average Bonchev–Trinajstić information content (AvgIpc) is 2.96. The van der Waals surface area contributed by atoms with Crippen LogP contribution in [-0.4, -0.2) is 40.1 Å². The van der Waals surface area contributed by atoms with Gasteiger partial charge in [0.25, 0.3) is 0 Å². The van der Waals surface area contributed by atoms with Crippen LogP contribution in [0.25, 0.3) is 0 Å². The minimum Gasteiger partial charge on any atom is -0.481 e. The fourth-order valence-corrected chi connectivity index (χ4v) is 3.99. The number of nitrogens with one attached hydrogen (secondary N) is 1. The maximum absolute atomic E-state index is 13.8. The van der Waals surface area contributed by atoms with Crippen molar-refractivity contribution in [3.8, 4) is 0 Å². The van der Waals surface area contributed by atoms with Crippen molar-refractivity contribution in [1.29, 1.82) is 0 Å². The zero-order valence-electron chi connectivity index (χ0n) is 14.7. The van der Waals surface area contributed by atoms with E-state index in [1.807, 2.05) is 0 Å². The molecule has 1 aromatic heterocycles. The zero-order chi connectivity index (χ0) is 19.6. The topological polar surface area (TPSA) is 82.5 Å². The predicted molar refractivity (Wildman–Crippen MR) is 97.0 cm³/mol. The zero-order valence-corrected chi connectivity index (χ0v) is 15.5. The third kappa shape index (κ3) is 4.60. The second-order valence-corrected chi connectivity index (χ2v) is 7.58. The van der Waals surface area contributed by atoms with Gasteiger partial charge in [0.05, 0.1) is 11.6 Å². The van der Waals surface area contributed by atoms with Gasteiger partial charge in [-0.25, -0.2) is 18.6 Å². The minimum absolute atomic E-state index is 0.166. The maximum Gasteiger partial charge on any atom is 0.323 e. The summed E-state index contributed by atoms with van der Waals surface area (Å²) in [6.07, 6.45) is 1.44. The van der Waals surface area contributed by atoms with Crippen LogP contribution in [0.5, 0.6) is 0 Å². The summed E-state index contributed by atoms with van der Waals surface area (Å²) in [4.78, 5) is 30.0. The molecular formula is C18H19F2N3O3S. The molecule has 6 nitrogen and oxygen atoms in total. The minimum atomic E-state index is -0.902. The average molecular weight is 395 g/mol. The number of aryl methyl sites for hydroxylation is 1. The molecular weight excluding hydrogens is 376 g/mol. The van der Waals surface area contributed by atoms with Crippen molar-refractivity contribution in [2.75, 3.05) is 18.4 Å². The molecule has 1 saturated heterocycles. The highest BCUT2D eigenvalue weighted by Gasteiger charge is 2.28. The Kier molecular flexibility index (Phi) is 5.69. The van der Waals surface area contributed by atoms with Crippen LogP contribution in [0.1, 0.15) is 29.0 Å². The van der Waals surface area contributed by atoms with Gasteiger partial charge in [0.15, 0.2) is 5.13 Å². The number of thiazole rings is 1.